The molecule has 8 heteroatoms. The summed E-state index contributed by atoms with van der Waals surface area (Å²) in [6, 6.07) is 6.93. The normalized spacial score (nSPS) is 24.4. The molecule has 1 amide bonds. The summed E-state index contributed by atoms with van der Waals surface area (Å²) in [7, 11) is -3.48. The Hall–Kier alpha value is -1.93. The van der Waals surface area contributed by atoms with E-state index in [-0.39, 0.29) is 17.8 Å². The molecule has 2 fully saturated rings. The van der Waals surface area contributed by atoms with Crippen LogP contribution in [0.15, 0.2) is 29.2 Å². The van der Waals surface area contributed by atoms with Crippen LogP contribution in [0.25, 0.3) is 0 Å². The van der Waals surface area contributed by atoms with E-state index in [9.17, 15) is 13.2 Å². The van der Waals surface area contributed by atoms with Crippen LogP contribution in [-0.4, -0.2) is 54.7 Å². The second-order valence-electron chi connectivity index (χ2n) is 8.98. The largest absolute Gasteiger partial charge is 0.342 e. The second kappa shape index (κ2) is 8.07. The van der Waals surface area contributed by atoms with Crippen molar-refractivity contribution in [2.45, 2.75) is 57.4 Å². The number of guanidine groups is 1. The highest BCUT2D eigenvalue weighted by Gasteiger charge is 2.46. The number of piperidine rings is 1. The standard InChI is InChI=1S/C21H32N4O3S/c1-15(2)13-21(4)19(26)25(20(22)23-21)14-17-9-11-24(12-10-17)29(27,28)18-7-5-16(3)6-8-18/h5-8,15,17H,9-14H2,1-4H3,(H2,22,23). The minimum absolute atomic E-state index is 0.0501. The smallest absolute Gasteiger partial charge is 0.254 e. The third kappa shape index (κ3) is 4.48. The van der Waals surface area contributed by atoms with Gasteiger partial charge in [0, 0.05) is 19.6 Å². The van der Waals surface area contributed by atoms with Crippen LogP contribution in [-0.2, 0) is 14.8 Å². The van der Waals surface area contributed by atoms with Gasteiger partial charge in [-0.25, -0.2) is 8.42 Å². The average Bonchev–Trinajstić information content (AvgIpc) is 2.85. The molecule has 1 aromatic carbocycles. The number of carbonyl (C=O) groups excluding carboxylic acids is 1. The lowest BCUT2D eigenvalue weighted by Gasteiger charge is -2.33. The summed E-state index contributed by atoms with van der Waals surface area (Å²) in [5.41, 5.74) is 0.305. The first-order chi connectivity index (χ1) is 13.5. The fourth-order valence-corrected chi connectivity index (χ4v) is 5.83. The van der Waals surface area contributed by atoms with Crippen LogP contribution >= 0.6 is 0 Å². The number of amides is 1. The molecule has 160 valence electrons. The Balaban J connectivity index is 1.61. The highest BCUT2D eigenvalue weighted by Crippen LogP contribution is 2.29. The maximum atomic E-state index is 12.9. The fourth-order valence-electron chi connectivity index (χ4n) is 4.36. The minimum atomic E-state index is -3.48. The number of sulfonamides is 1. The van der Waals surface area contributed by atoms with E-state index in [1.807, 2.05) is 26.0 Å². The number of nitrogens with one attached hydrogen (secondary N) is 2. The van der Waals surface area contributed by atoms with Crippen LogP contribution in [0.2, 0.25) is 0 Å². The zero-order valence-corrected chi connectivity index (χ0v) is 18.6. The molecular weight excluding hydrogens is 388 g/mol. The van der Waals surface area contributed by atoms with Crippen LogP contribution < -0.4 is 5.32 Å². The molecule has 0 bridgehead atoms. The van der Waals surface area contributed by atoms with E-state index < -0.39 is 15.6 Å². The first-order valence-electron chi connectivity index (χ1n) is 10.3. The van der Waals surface area contributed by atoms with Gasteiger partial charge in [-0.1, -0.05) is 31.5 Å². The first-order valence-corrected chi connectivity index (χ1v) is 11.7. The third-order valence-electron chi connectivity index (χ3n) is 5.87. The molecule has 2 saturated heterocycles. The van der Waals surface area contributed by atoms with Gasteiger partial charge in [-0.15, -0.1) is 0 Å². The van der Waals surface area contributed by atoms with Crippen molar-refractivity contribution >= 4 is 21.9 Å². The molecule has 2 aliphatic heterocycles. The number of carbonyl (C=O) groups is 1. The number of rotatable bonds is 6. The van der Waals surface area contributed by atoms with Crippen molar-refractivity contribution in [2.75, 3.05) is 19.6 Å². The molecule has 0 saturated carbocycles. The van der Waals surface area contributed by atoms with Gasteiger partial charge in [0.1, 0.15) is 5.54 Å². The molecule has 0 aromatic heterocycles. The van der Waals surface area contributed by atoms with Gasteiger partial charge in [0.2, 0.25) is 10.0 Å². The van der Waals surface area contributed by atoms with Crippen molar-refractivity contribution in [1.29, 1.82) is 5.41 Å². The number of hydrogen-bond acceptors (Lipinski definition) is 4. The molecule has 3 rings (SSSR count). The van der Waals surface area contributed by atoms with Crippen LogP contribution in [0.1, 0.15) is 45.6 Å². The maximum Gasteiger partial charge on any atom is 0.254 e. The Bertz CT molecular complexity index is 874. The van der Waals surface area contributed by atoms with Gasteiger partial charge < -0.3 is 5.32 Å². The lowest BCUT2D eigenvalue weighted by Crippen LogP contribution is -2.46. The van der Waals surface area contributed by atoms with Crippen LogP contribution in [0.3, 0.4) is 0 Å². The molecule has 29 heavy (non-hydrogen) atoms. The number of hydrogen-bond donors (Lipinski definition) is 2. The van der Waals surface area contributed by atoms with Crippen molar-refractivity contribution in [1.82, 2.24) is 14.5 Å². The van der Waals surface area contributed by atoms with Crippen molar-refractivity contribution in [2.24, 2.45) is 11.8 Å². The van der Waals surface area contributed by atoms with Gasteiger partial charge in [0.15, 0.2) is 5.96 Å². The SMILES string of the molecule is Cc1ccc(S(=O)(=O)N2CCC(CN3C(=N)NC(C)(CC(C)C)C3=O)CC2)cc1. The molecule has 7 nitrogen and oxygen atoms in total. The summed E-state index contributed by atoms with van der Waals surface area (Å²) < 4.78 is 27.3. The summed E-state index contributed by atoms with van der Waals surface area (Å²) in [5, 5.41) is 11.3. The topological polar surface area (TPSA) is 93.6 Å². The van der Waals surface area contributed by atoms with E-state index in [4.69, 9.17) is 5.41 Å². The van der Waals surface area contributed by atoms with Crippen molar-refractivity contribution in [3.63, 3.8) is 0 Å². The van der Waals surface area contributed by atoms with E-state index in [0.717, 1.165) is 5.56 Å². The number of benzene rings is 1. The lowest BCUT2D eigenvalue weighted by molar-refractivity contribution is -0.131. The summed E-state index contributed by atoms with van der Waals surface area (Å²) >= 11 is 0. The molecule has 2 N–H and O–H groups in total. The van der Waals surface area contributed by atoms with Crippen LogP contribution in [0.4, 0.5) is 0 Å². The van der Waals surface area contributed by atoms with Crippen LogP contribution in [0, 0.1) is 24.2 Å². The molecule has 2 aliphatic rings. The number of aryl methyl sites for hydroxylation is 1. The van der Waals surface area contributed by atoms with E-state index in [1.54, 1.807) is 12.1 Å². The lowest BCUT2D eigenvalue weighted by atomic mass is 9.90. The summed E-state index contributed by atoms with van der Waals surface area (Å²) in [5.74, 6) is 0.644. The highest BCUT2D eigenvalue weighted by atomic mass is 32.2. The van der Waals surface area contributed by atoms with E-state index in [0.29, 0.717) is 49.7 Å². The van der Waals surface area contributed by atoms with Gasteiger partial charge in [-0.3, -0.25) is 15.1 Å². The Morgan fingerprint density at radius 3 is 2.34 bits per heavy atom. The Morgan fingerprint density at radius 2 is 1.79 bits per heavy atom. The molecule has 0 radical (unpaired) electrons. The summed E-state index contributed by atoms with van der Waals surface area (Å²) in [6.07, 6.45) is 2.05. The highest BCUT2D eigenvalue weighted by molar-refractivity contribution is 7.89. The van der Waals surface area contributed by atoms with Gasteiger partial charge in [-0.2, -0.15) is 4.31 Å². The predicted molar refractivity (Wildman–Crippen MR) is 113 cm³/mol. The summed E-state index contributed by atoms with van der Waals surface area (Å²) in [4.78, 5) is 14.8. The van der Waals surface area contributed by atoms with E-state index >= 15 is 0 Å². The molecule has 2 heterocycles. The second-order valence-corrected chi connectivity index (χ2v) is 10.9. The van der Waals surface area contributed by atoms with Gasteiger partial charge in [-0.05, 0) is 57.1 Å². The molecule has 1 unspecified atom stereocenters. The van der Waals surface area contributed by atoms with Gasteiger partial charge in [0.05, 0.1) is 4.90 Å². The van der Waals surface area contributed by atoms with Crippen molar-refractivity contribution < 1.29 is 13.2 Å². The van der Waals surface area contributed by atoms with Crippen LogP contribution in [0.5, 0.6) is 0 Å². The van der Waals surface area contributed by atoms with Gasteiger partial charge >= 0.3 is 0 Å². The Kier molecular flexibility index (Phi) is 6.06. The Labute approximate surface area is 174 Å². The Morgan fingerprint density at radius 1 is 1.21 bits per heavy atom. The predicted octanol–water partition coefficient (Wildman–Crippen LogP) is 2.57. The number of nitrogens with zero attached hydrogens (tertiary/aromatic N) is 2. The molecule has 1 atom stereocenters. The third-order valence-corrected chi connectivity index (χ3v) is 7.78. The zero-order chi connectivity index (χ0) is 21.4. The molecular formula is C21H32N4O3S. The summed E-state index contributed by atoms with van der Waals surface area (Å²) in [6.45, 7) is 9.27. The van der Waals surface area contributed by atoms with E-state index in [2.05, 4.69) is 19.2 Å². The molecule has 1 aromatic rings. The van der Waals surface area contributed by atoms with Gasteiger partial charge in [0.25, 0.3) is 5.91 Å². The minimum Gasteiger partial charge on any atom is -0.342 e. The monoisotopic (exact) mass is 420 g/mol. The van der Waals surface area contributed by atoms with Crippen molar-refractivity contribution in [3.05, 3.63) is 29.8 Å². The van der Waals surface area contributed by atoms with Crippen molar-refractivity contribution in [3.8, 4) is 0 Å². The molecule has 0 aliphatic carbocycles. The quantitative estimate of drug-likeness (QED) is 0.740. The fraction of sp³-hybridized carbons (Fsp3) is 0.619. The van der Waals surface area contributed by atoms with E-state index in [1.165, 1.54) is 9.21 Å². The maximum absolute atomic E-state index is 12.9. The zero-order valence-electron chi connectivity index (χ0n) is 17.7. The molecule has 0 spiro atoms. The first kappa shape index (κ1) is 21.8. The average molecular weight is 421 g/mol.